The SMILES string of the molecule is CCC(C)[C@H](N)C(=O)Nc1cccnc1-n1cncn1. The highest BCUT2D eigenvalue weighted by Gasteiger charge is 2.20. The van der Waals surface area contributed by atoms with Crippen LogP contribution >= 0.6 is 0 Å². The van der Waals surface area contributed by atoms with E-state index in [0.29, 0.717) is 11.5 Å². The van der Waals surface area contributed by atoms with Crippen LogP contribution in [0.1, 0.15) is 20.3 Å². The smallest absolute Gasteiger partial charge is 0.241 e. The third-order valence-corrected chi connectivity index (χ3v) is 3.24. The number of aromatic nitrogens is 4. The van der Waals surface area contributed by atoms with Crippen molar-refractivity contribution in [2.75, 3.05) is 5.32 Å². The molecular weight excluding hydrogens is 256 g/mol. The molecule has 7 heteroatoms. The molecule has 0 spiro atoms. The van der Waals surface area contributed by atoms with Crippen molar-refractivity contribution in [3.05, 3.63) is 31.0 Å². The van der Waals surface area contributed by atoms with E-state index >= 15 is 0 Å². The normalized spacial score (nSPS) is 13.8. The van der Waals surface area contributed by atoms with Gasteiger partial charge in [-0.1, -0.05) is 20.3 Å². The molecule has 2 aromatic rings. The molecule has 0 bridgehead atoms. The molecule has 0 fully saturated rings. The van der Waals surface area contributed by atoms with Crippen LogP contribution in [-0.2, 0) is 4.79 Å². The Morgan fingerprint density at radius 1 is 1.55 bits per heavy atom. The van der Waals surface area contributed by atoms with Gasteiger partial charge in [-0.3, -0.25) is 4.79 Å². The lowest BCUT2D eigenvalue weighted by Crippen LogP contribution is -2.40. The van der Waals surface area contributed by atoms with Gasteiger partial charge in [-0.15, -0.1) is 0 Å². The van der Waals surface area contributed by atoms with E-state index in [4.69, 9.17) is 5.73 Å². The van der Waals surface area contributed by atoms with Crippen molar-refractivity contribution in [2.24, 2.45) is 11.7 Å². The predicted octanol–water partition coefficient (Wildman–Crippen LogP) is 0.974. The summed E-state index contributed by atoms with van der Waals surface area (Å²) in [6.07, 6.45) is 5.40. The Labute approximate surface area is 117 Å². The summed E-state index contributed by atoms with van der Waals surface area (Å²) < 4.78 is 1.49. The lowest BCUT2D eigenvalue weighted by atomic mass is 9.99. The van der Waals surface area contributed by atoms with E-state index in [1.54, 1.807) is 18.3 Å². The molecule has 106 valence electrons. The molecule has 1 amide bonds. The van der Waals surface area contributed by atoms with E-state index in [0.717, 1.165) is 6.42 Å². The van der Waals surface area contributed by atoms with Gasteiger partial charge in [0.25, 0.3) is 0 Å². The standard InChI is InChI=1S/C13H18N6O/c1-3-9(2)11(14)13(20)18-10-5-4-6-16-12(10)19-8-15-7-17-19/h4-9,11H,3,14H2,1-2H3,(H,18,20)/t9?,11-/m0/s1. The number of hydrogen-bond acceptors (Lipinski definition) is 5. The maximum Gasteiger partial charge on any atom is 0.241 e. The summed E-state index contributed by atoms with van der Waals surface area (Å²) in [6.45, 7) is 3.95. The number of pyridine rings is 1. The van der Waals surface area contributed by atoms with Crippen molar-refractivity contribution in [2.45, 2.75) is 26.3 Å². The van der Waals surface area contributed by atoms with E-state index in [1.807, 2.05) is 13.8 Å². The minimum absolute atomic E-state index is 0.112. The Balaban J connectivity index is 2.20. The van der Waals surface area contributed by atoms with Crippen LogP contribution in [0.2, 0.25) is 0 Å². The highest BCUT2D eigenvalue weighted by Crippen LogP contribution is 2.17. The fourth-order valence-corrected chi connectivity index (χ4v) is 1.72. The van der Waals surface area contributed by atoms with Crippen LogP contribution in [-0.4, -0.2) is 31.7 Å². The zero-order chi connectivity index (χ0) is 14.5. The number of nitrogens with one attached hydrogen (secondary N) is 1. The second-order valence-corrected chi connectivity index (χ2v) is 4.62. The number of hydrogen-bond donors (Lipinski definition) is 2. The molecule has 0 radical (unpaired) electrons. The molecule has 2 atom stereocenters. The van der Waals surface area contributed by atoms with Gasteiger partial charge >= 0.3 is 0 Å². The van der Waals surface area contributed by atoms with E-state index < -0.39 is 6.04 Å². The second kappa shape index (κ2) is 6.25. The van der Waals surface area contributed by atoms with Crippen molar-refractivity contribution in [3.63, 3.8) is 0 Å². The number of amides is 1. The van der Waals surface area contributed by atoms with Gasteiger partial charge in [0.15, 0.2) is 5.82 Å². The van der Waals surface area contributed by atoms with Crippen molar-refractivity contribution < 1.29 is 4.79 Å². The molecule has 2 heterocycles. The van der Waals surface area contributed by atoms with Crippen LogP contribution in [0.4, 0.5) is 5.69 Å². The second-order valence-electron chi connectivity index (χ2n) is 4.62. The highest BCUT2D eigenvalue weighted by atomic mass is 16.2. The van der Waals surface area contributed by atoms with E-state index in [-0.39, 0.29) is 11.8 Å². The third kappa shape index (κ3) is 3.00. The first-order valence-electron chi connectivity index (χ1n) is 6.50. The van der Waals surface area contributed by atoms with Crippen LogP contribution in [0, 0.1) is 5.92 Å². The molecule has 0 aliphatic heterocycles. The molecule has 0 saturated carbocycles. The topological polar surface area (TPSA) is 98.7 Å². The monoisotopic (exact) mass is 274 g/mol. The summed E-state index contributed by atoms with van der Waals surface area (Å²) in [5.41, 5.74) is 6.48. The molecule has 0 saturated heterocycles. The van der Waals surface area contributed by atoms with Gasteiger partial charge in [0.1, 0.15) is 12.7 Å². The van der Waals surface area contributed by atoms with Crippen LogP contribution < -0.4 is 11.1 Å². The van der Waals surface area contributed by atoms with Gasteiger partial charge in [0.05, 0.1) is 11.7 Å². The fourth-order valence-electron chi connectivity index (χ4n) is 1.72. The molecule has 2 aromatic heterocycles. The van der Waals surface area contributed by atoms with Gasteiger partial charge in [-0.25, -0.2) is 14.6 Å². The number of carbonyl (C=O) groups is 1. The fraction of sp³-hybridized carbons (Fsp3) is 0.385. The summed E-state index contributed by atoms with van der Waals surface area (Å²) in [6, 6.07) is 2.94. The number of rotatable bonds is 5. The summed E-state index contributed by atoms with van der Waals surface area (Å²) >= 11 is 0. The van der Waals surface area contributed by atoms with E-state index in [1.165, 1.54) is 17.3 Å². The first kappa shape index (κ1) is 14.1. The molecule has 1 unspecified atom stereocenters. The molecule has 3 N–H and O–H groups in total. The number of carbonyl (C=O) groups excluding carboxylic acids is 1. The number of anilines is 1. The van der Waals surface area contributed by atoms with Crippen molar-refractivity contribution in [3.8, 4) is 5.82 Å². The largest absolute Gasteiger partial charge is 0.322 e. The predicted molar refractivity (Wildman–Crippen MR) is 75.2 cm³/mol. The third-order valence-electron chi connectivity index (χ3n) is 3.24. The van der Waals surface area contributed by atoms with Gasteiger partial charge in [0, 0.05) is 6.20 Å². The van der Waals surface area contributed by atoms with Crippen molar-refractivity contribution in [1.82, 2.24) is 19.7 Å². The van der Waals surface area contributed by atoms with Crippen LogP contribution in [0.5, 0.6) is 0 Å². The number of nitrogens with zero attached hydrogens (tertiary/aromatic N) is 4. The zero-order valence-electron chi connectivity index (χ0n) is 11.5. The first-order valence-corrected chi connectivity index (χ1v) is 6.50. The molecule has 2 rings (SSSR count). The quantitative estimate of drug-likeness (QED) is 0.846. The van der Waals surface area contributed by atoms with Crippen LogP contribution in [0.3, 0.4) is 0 Å². The Hall–Kier alpha value is -2.28. The lowest BCUT2D eigenvalue weighted by molar-refractivity contribution is -0.118. The zero-order valence-corrected chi connectivity index (χ0v) is 11.5. The molecule has 0 aliphatic rings. The van der Waals surface area contributed by atoms with Gasteiger partial charge in [-0.2, -0.15) is 5.10 Å². The van der Waals surface area contributed by atoms with E-state index in [9.17, 15) is 4.79 Å². The molecule has 0 aromatic carbocycles. The van der Waals surface area contributed by atoms with Crippen molar-refractivity contribution >= 4 is 11.6 Å². The van der Waals surface area contributed by atoms with Crippen molar-refractivity contribution in [1.29, 1.82) is 0 Å². The minimum atomic E-state index is -0.552. The average molecular weight is 274 g/mol. The summed E-state index contributed by atoms with van der Waals surface area (Å²) in [7, 11) is 0. The summed E-state index contributed by atoms with van der Waals surface area (Å²) in [4.78, 5) is 20.2. The minimum Gasteiger partial charge on any atom is -0.322 e. The Bertz CT molecular complexity index is 568. The van der Waals surface area contributed by atoms with Gasteiger partial charge < -0.3 is 11.1 Å². The maximum absolute atomic E-state index is 12.1. The summed E-state index contributed by atoms with van der Waals surface area (Å²) in [5.74, 6) is 0.393. The molecular formula is C13H18N6O. The van der Waals surface area contributed by atoms with Gasteiger partial charge in [0.2, 0.25) is 5.91 Å². The molecule has 7 nitrogen and oxygen atoms in total. The molecule has 0 aliphatic carbocycles. The Kier molecular flexibility index (Phi) is 4.41. The maximum atomic E-state index is 12.1. The highest BCUT2D eigenvalue weighted by molar-refractivity contribution is 5.96. The Morgan fingerprint density at radius 2 is 2.35 bits per heavy atom. The average Bonchev–Trinajstić information content (AvgIpc) is 3.00. The Morgan fingerprint density at radius 3 is 3.00 bits per heavy atom. The van der Waals surface area contributed by atoms with Crippen LogP contribution in [0.25, 0.3) is 5.82 Å². The number of nitrogens with two attached hydrogens (primary N) is 1. The van der Waals surface area contributed by atoms with E-state index in [2.05, 4.69) is 20.4 Å². The van der Waals surface area contributed by atoms with Crippen LogP contribution in [0.15, 0.2) is 31.0 Å². The molecule has 20 heavy (non-hydrogen) atoms. The van der Waals surface area contributed by atoms with Gasteiger partial charge in [-0.05, 0) is 18.1 Å². The lowest BCUT2D eigenvalue weighted by Gasteiger charge is -2.18. The first-order chi connectivity index (χ1) is 9.63. The summed E-state index contributed by atoms with van der Waals surface area (Å²) in [5, 5.41) is 6.81.